The first-order valence-corrected chi connectivity index (χ1v) is 5.73. The average Bonchev–Trinajstić information content (AvgIpc) is 2.54. The summed E-state index contributed by atoms with van der Waals surface area (Å²) in [6.45, 7) is 1.91. The summed E-state index contributed by atoms with van der Waals surface area (Å²) in [7, 11) is 4.14. The van der Waals surface area contributed by atoms with E-state index in [2.05, 4.69) is 52.2 Å². The lowest BCUT2D eigenvalue weighted by atomic mass is 10.2. The molecule has 0 aliphatic heterocycles. The molecule has 0 aliphatic rings. The van der Waals surface area contributed by atoms with Gasteiger partial charge in [0.2, 0.25) is 0 Å². The summed E-state index contributed by atoms with van der Waals surface area (Å²) >= 11 is 3.48. The molecule has 1 aromatic heterocycles. The topological polar surface area (TPSA) is 21.1 Å². The van der Waals surface area contributed by atoms with Crippen LogP contribution >= 0.6 is 15.9 Å². The van der Waals surface area contributed by atoms with Gasteiger partial charge in [0, 0.05) is 11.9 Å². The monoisotopic (exact) mass is 267 g/mol. The van der Waals surface area contributed by atoms with Gasteiger partial charge in [0.25, 0.3) is 0 Å². The van der Waals surface area contributed by atoms with Crippen molar-refractivity contribution in [2.75, 3.05) is 20.6 Å². The number of aromatic nitrogens is 2. The molecule has 0 fully saturated rings. The Morgan fingerprint density at radius 2 is 2.07 bits per heavy atom. The van der Waals surface area contributed by atoms with Crippen LogP contribution in [0.2, 0.25) is 0 Å². The highest BCUT2D eigenvalue weighted by atomic mass is 79.9. The number of para-hydroxylation sites is 1. The number of halogens is 1. The van der Waals surface area contributed by atoms with Crippen molar-refractivity contribution in [1.29, 1.82) is 0 Å². The van der Waals surface area contributed by atoms with Crippen LogP contribution in [-0.2, 0) is 6.54 Å². The number of likely N-dealkylation sites (N-methyl/N-ethyl adjacent to an activating group) is 1. The van der Waals surface area contributed by atoms with Crippen LogP contribution in [0.1, 0.15) is 0 Å². The molecule has 0 amide bonds. The minimum absolute atomic E-state index is 0.916. The lowest BCUT2D eigenvalue weighted by molar-refractivity contribution is 0.376. The third kappa shape index (κ3) is 2.21. The first-order chi connectivity index (χ1) is 7.18. The molecule has 1 aromatic carbocycles. The van der Waals surface area contributed by atoms with E-state index in [9.17, 15) is 0 Å². The normalized spacial score (nSPS) is 11.5. The Kier molecular flexibility index (Phi) is 3.07. The van der Waals surface area contributed by atoms with Crippen molar-refractivity contribution < 1.29 is 0 Å². The smallest absolute Gasteiger partial charge is 0.135 e. The van der Waals surface area contributed by atoms with Crippen LogP contribution in [0.15, 0.2) is 28.9 Å². The van der Waals surface area contributed by atoms with Gasteiger partial charge in [-0.2, -0.15) is 5.10 Å². The van der Waals surface area contributed by atoms with E-state index < -0.39 is 0 Å². The summed E-state index contributed by atoms with van der Waals surface area (Å²) in [4.78, 5) is 2.16. The second kappa shape index (κ2) is 4.33. The van der Waals surface area contributed by atoms with Crippen LogP contribution in [0.5, 0.6) is 0 Å². The number of hydrogen-bond donors (Lipinski definition) is 0. The summed E-state index contributed by atoms with van der Waals surface area (Å²) < 4.78 is 2.97. The fourth-order valence-electron chi connectivity index (χ4n) is 1.55. The van der Waals surface area contributed by atoms with Gasteiger partial charge in [-0.15, -0.1) is 0 Å². The second-order valence-electron chi connectivity index (χ2n) is 3.83. The maximum atomic E-state index is 4.47. The van der Waals surface area contributed by atoms with E-state index in [-0.39, 0.29) is 0 Å². The zero-order valence-electron chi connectivity index (χ0n) is 8.94. The van der Waals surface area contributed by atoms with Crippen molar-refractivity contribution in [2.24, 2.45) is 0 Å². The van der Waals surface area contributed by atoms with Gasteiger partial charge >= 0.3 is 0 Å². The van der Waals surface area contributed by atoms with Crippen molar-refractivity contribution in [3.63, 3.8) is 0 Å². The number of nitrogens with zero attached hydrogens (tertiary/aromatic N) is 3. The minimum atomic E-state index is 0.916. The fraction of sp³-hybridized carbons (Fsp3) is 0.364. The number of fused-ring (bicyclic) bond motifs is 1. The Balaban J connectivity index is 2.35. The van der Waals surface area contributed by atoms with E-state index in [4.69, 9.17) is 0 Å². The Morgan fingerprint density at radius 1 is 1.33 bits per heavy atom. The molecule has 0 spiro atoms. The molecule has 3 nitrogen and oxygen atoms in total. The van der Waals surface area contributed by atoms with Crippen LogP contribution in [0.25, 0.3) is 10.9 Å². The molecule has 0 bridgehead atoms. The van der Waals surface area contributed by atoms with Crippen molar-refractivity contribution in [2.45, 2.75) is 6.54 Å². The molecule has 0 unspecified atom stereocenters. The molecule has 0 atom stereocenters. The van der Waals surface area contributed by atoms with Gasteiger partial charge in [0.1, 0.15) is 4.60 Å². The number of hydrogen-bond acceptors (Lipinski definition) is 2. The molecule has 0 saturated carbocycles. The summed E-state index contributed by atoms with van der Waals surface area (Å²) in [6.07, 6.45) is 0. The molecular weight excluding hydrogens is 254 g/mol. The molecule has 2 aromatic rings. The average molecular weight is 268 g/mol. The van der Waals surface area contributed by atoms with Crippen molar-refractivity contribution in [1.82, 2.24) is 14.7 Å². The number of rotatable bonds is 3. The molecule has 1 heterocycles. The maximum absolute atomic E-state index is 4.47. The van der Waals surface area contributed by atoms with Gasteiger partial charge in [-0.05, 0) is 36.1 Å². The van der Waals surface area contributed by atoms with Gasteiger partial charge in [0.05, 0.1) is 12.1 Å². The van der Waals surface area contributed by atoms with Gasteiger partial charge in [-0.3, -0.25) is 4.68 Å². The lowest BCUT2D eigenvalue weighted by Crippen LogP contribution is -2.18. The largest absolute Gasteiger partial charge is 0.308 e. The SMILES string of the molecule is CN(C)CCn1nc(Br)c2ccccc21. The highest BCUT2D eigenvalue weighted by molar-refractivity contribution is 9.10. The third-order valence-electron chi connectivity index (χ3n) is 2.37. The van der Waals surface area contributed by atoms with Crippen LogP contribution in [0.3, 0.4) is 0 Å². The third-order valence-corrected chi connectivity index (χ3v) is 2.96. The van der Waals surface area contributed by atoms with Crippen LogP contribution in [-0.4, -0.2) is 35.3 Å². The van der Waals surface area contributed by atoms with Crippen molar-refractivity contribution >= 4 is 26.8 Å². The highest BCUT2D eigenvalue weighted by Gasteiger charge is 2.06. The molecule has 0 saturated heterocycles. The molecule has 4 heteroatoms. The highest BCUT2D eigenvalue weighted by Crippen LogP contribution is 2.22. The minimum Gasteiger partial charge on any atom is -0.308 e. The standard InChI is InChI=1S/C11H14BrN3/c1-14(2)7-8-15-10-6-4-3-5-9(10)11(12)13-15/h3-6H,7-8H2,1-2H3. The van der Waals surface area contributed by atoms with E-state index in [1.165, 1.54) is 10.9 Å². The van der Waals surface area contributed by atoms with Crippen LogP contribution in [0.4, 0.5) is 0 Å². The van der Waals surface area contributed by atoms with E-state index in [0.717, 1.165) is 17.7 Å². The Bertz CT molecular complexity index is 462. The first kappa shape index (κ1) is 10.6. The van der Waals surface area contributed by atoms with Gasteiger partial charge in [-0.1, -0.05) is 18.2 Å². The van der Waals surface area contributed by atoms with Crippen molar-refractivity contribution in [3.05, 3.63) is 28.9 Å². The molecule has 80 valence electrons. The molecule has 0 radical (unpaired) electrons. The van der Waals surface area contributed by atoms with Crippen molar-refractivity contribution in [3.8, 4) is 0 Å². The summed E-state index contributed by atoms with van der Waals surface area (Å²) in [6, 6.07) is 8.26. The number of benzene rings is 1. The lowest BCUT2D eigenvalue weighted by Gasteiger charge is -2.09. The molecule has 15 heavy (non-hydrogen) atoms. The molecule has 2 rings (SSSR count). The van der Waals surface area contributed by atoms with E-state index >= 15 is 0 Å². The summed E-state index contributed by atoms with van der Waals surface area (Å²) in [5.74, 6) is 0. The maximum Gasteiger partial charge on any atom is 0.135 e. The molecular formula is C11H14BrN3. The molecule has 0 N–H and O–H groups in total. The quantitative estimate of drug-likeness (QED) is 0.852. The second-order valence-corrected chi connectivity index (χ2v) is 4.59. The zero-order chi connectivity index (χ0) is 10.8. The Morgan fingerprint density at radius 3 is 2.80 bits per heavy atom. The Hall–Kier alpha value is -0.870. The van der Waals surface area contributed by atoms with Gasteiger partial charge in [-0.25, -0.2) is 0 Å². The van der Waals surface area contributed by atoms with E-state index in [1.807, 2.05) is 16.8 Å². The predicted octanol–water partition coefficient (Wildman–Crippen LogP) is 2.36. The van der Waals surface area contributed by atoms with Gasteiger partial charge in [0.15, 0.2) is 0 Å². The van der Waals surface area contributed by atoms with Crippen LogP contribution in [0, 0.1) is 0 Å². The van der Waals surface area contributed by atoms with E-state index in [1.54, 1.807) is 0 Å². The summed E-state index contributed by atoms with van der Waals surface area (Å²) in [5, 5.41) is 5.65. The van der Waals surface area contributed by atoms with Gasteiger partial charge < -0.3 is 4.90 Å². The fourth-order valence-corrected chi connectivity index (χ4v) is 2.08. The molecule has 0 aliphatic carbocycles. The van der Waals surface area contributed by atoms with E-state index in [0.29, 0.717) is 0 Å². The first-order valence-electron chi connectivity index (χ1n) is 4.94. The summed E-state index contributed by atoms with van der Waals surface area (Å²) in [5.41, 5.74) is 1.19. The Labute approximate surface area is 97.8 Å². The van der Waals surface area contributed by atoms with Crippen LogP contribution < -0.4 is 0 Å². The predicted molar refractivity (Wildman–Crippen MR) is 66.0 cm³/mol. The zero-order valence-corrected chi connectivity index (χ0v) is 10.5.